The summed E-state index contributed by atoms with van der Waals surface area (Å²) < 4.78 is 23.8. The SMILES string of the molecule is COc1cc(/C=N\NC(=O)c2ccc(F)cc2)ccc1OCC(C)C. The first-order valence-electron chi connectivity index (χ1n) is 7.89. The van der Waals surface area contributed by atoms with Crippen molar-refractivity contribution in [3.8, 4) is 11.5 Å². The van der Waals surface area contributed by atoms with Gasteiger partial charge in [-0.15, -0.1) is 0 Å². The zero-order chi connectivity index (χ0) is 18.2. The molecule has 0 aliphatic heterocycles. The molecule has 5 nitrogen and oxygen atoms in total. The normalized spacial score (nSPS) is 10.9. The van der Waals surface area contributed by atoms with Crippen LogP contribution < -0.4 is 14.9 Å². The number of halogens is 1. The highest BCUT2D eigenvalue weighted by Crippen LogP contribution is 2.27. The fourth-order valence-electron chi connectivity index (χ4n) is 1.97. The molecule has 0 unspecified atom stereocenters. The number of carbonyl (C=O) groups is 1. The smallest absolute Gasteiger partial charge is 0.271 e. The average Bonchev–Trinajstić information content (AvgIpc) is 2.60. The van der Waals surface area contributed by atoms with Crippen LogP contribution in [0.2, 0.25) is 0 Å². The highest BCUT2D eigenvalue weighted by molar-refractivity contribution is 5.94. The van der Waals surface area contributed by atoms with E-state index in [-0.39, 0.29) is 0 Å². The number of nitrogens with one attached hydrogen (secondary N) is 1. The topological polar surface area (TPSA) is 59.9 Å². The Morgan fingerprint density at radius 1 is 1.20 bits per heavy atom. The van der Waals surface area contributed by atoms with Gasteiger partial charge in [-0.1, -0.05) is 13.8 Å². The van der Waals surface area contributed by atoms with Gasteiger partial charge in [0.15, 0.2) is 11.5 Å². The fraction of sp³-hybridized carbons (Fsp3) is 0.263. The number of rotatable bonds is 7. The Morgan fingerprint density at radius 3 is 2.56 bits per heavy atom. The van der Waals surface area contributed by atoms with Crippen LogP contribution in [0, 0.1) is 11.7 Å². The van der Waals surface area contributed by atoms with Crippen molar-refractivity contribution < 1.29 is 18.7 Å². The maximum Gasteiger partial charge on any atom is 0.271 e. The van der Waals surface area contributed by atoms with E-state index in [1.165, 1.54) is 30.5 Å². The second kappa shape index (κ2) is 8.82. The second-order valence-corrected chi connectivity index (χ2v) is 5.82. The van der Waals surface area contributed by atoms with E-state index in [4.69, 9.17) is 9.47 Å². The minimum atomic E-state index is -0.417. The summed E-state index contributed by atoms with van der Waals surface area (Å²) >= 11 is 0. The van der Waals surface area contributed by atoms with Gasteiger partial charge in [0.05, 0.1) is 19.9 Å². The Bertz CT molecular complexity index is 743. The molecule has 0 spiro atoms. The summed E-state index contributed by atoms with van der Waals surface area (Å²) in [7, 11) is 1.56. The molecule has 2 aromatic rings. The summed E-state index contributed by atoms with van der Waals surface area (Å²) in [4.78, 5) is 11.9. The highest BCUT2D eigenvalue weighted by atomic mass is 19.1. The summed E-state index contributed by atoms with van der Waals surface area (Å²) in [6.45, 7) is 4.73. The van der Waals surface area contributed by atoms with Crippen LogP contribution in [0.1, 0.15) is 29.8 Å². The molecule has 132 valence electrons. The van der Waals surface area contributed by atoms with E-state index in [0.29, 0.717) is 29.6 Å². The van der Waals surface area contributed by atoms with E-state index in [2.05, 4.69) is 24.4 Å². The van der Waals surface area contributed by atoms with Crippen molar-refractivity contribution in [2.45, 2.75) is 13.8 Å². The predicted octanol–water partition coefficient (Wildman–Crippen LogP) is 3.63. The van der Waals surface area contributed by atoms with Gasteiger partial charge in [-0.05, 0) is 53.9 Å². The molecule has 0 heterocycles. The molecule has 0 aliphatic carbocycles. The molecule has 25 heavy (non-hydrogen) atoms. The standard InChI is InChI=1S/C19H21FN2O3/c1-13(2)12-25-17-9-4-14(10-18(17)24-3)11-21-22-19(23)15-5-7-16(20)8-6-15/h4-11,13H,12H2,1-3H3,(H,22,23)/b21-11-. The number of carbonyl (C=O) groups excluding carboxylic acids is 1. The summed E-state index contributed by atoms with van der Waals surface area (Å²) in [6.07, 6.45) is 1.50. The lowest BCUT2D eigenvalue weighted by Crippen LogP contribution is -2.17. The number of amides is 1. The van der Waals surface area contributed by atoms with Gasteiger partial charge >= 0.3 is 0 Å². The van der Waals surface area contributed by atoms with Gasteiger partial charge in [-0.25, -0.2) is 9.82 Å². The van der Waals surface area contributed by atoms with Gasteiger partial charge in [0.1, 0.15) is 5.82 Å². The van der Waals surface area contributed by atoms with Crippen molar-refractivity contribution in [1.82, 2.24) is 5.43 Å². The fourth-order valence-corrected chi connectivity index (χ4v) is 1.97. The Morgan fingerprint density at radius 2 is 1.92 bits per heavy atom. The molecule has 1 N–H and O–H groups in total. The minimum absolute atomic E-state index is 0.327. The Kier molecular flexibility index (Phi) is 6.51. The number of ether oxygens (including phenoxy) is 2. The second-order valence-electron chi connectivity index (χ2n) is 5.82. The summed E-state index contributed by atoms with van der Waals surface area (Å²) in [5.41, 5.74) is 3.47. The van der Waals surface area contributed by atoms with Crippen LogP contribution in [0.5, 0.6) is 11.5 Å². The predicted molar refractivity (Wildman–Crippen MR) is 94.8 cm³/mol. The van der Waals surface area contributed by atoms with Gasteiger partial charge < -0.3 is 9.47 Å². The van der Waals surface area contributed by atoms with Crippen LogP contribution in [0.4, 0.5) is 4.39 Å². The van der Waals surface area contributed by atoms with Crippen molar-refractivity contribution in [3.05, 3.63) is 59.4 Å². The molecule has 0 bridgehead atoms. The van der Waals surface area contributed by atoms with E-state index < -0.39 is 11.7 Å². The first-order chi connectivity index (χ1) is 12.0. The van der Waals surface area contributed by atoms with Crippen molar-refractivity contribution in [1.29, 1.82) is 0 Å². The number of methoxy groups -OCH3 is 1. The maximum absolute atomic E-state index is 12.8. The van der Waals surface area contributed by atoms with E-state index in [1.54, 1.807) is 19.2 Å². The molecule has 6 heteroatoms. The van der Waals surface area contributed by atoms with Gasteiger partial charge in [0.2, 0.25) is 0 Å². The highest BCUT2D eigenvalue weighted by Gasteiger charge is 2.07. The van der Waals surface area contributed by atoms with Crippen molar-refractivity contribution in [2.24, 2.45) is 11.0 Å². The van der Waals surface area contributed by atoms with Gasteiger partial charge in [-0.2, -0.15) is 5.10 Å². The maximum atomic E-state index is 12.8. The molecule has 2 rings (SSSR count). The minimum Gasteiger partial charge on any atom is -0.493 e. The Hall–Kier alpha value is -2.89. The molecule has 0 saturated heterocycles. The monoisotopic (exact) mass is 344 g/mol. The van der Waals surface area contributed by atoms with Crippen molar-refractivity contribution in [3.63, 3.8) is 0 Å². The molecular weight excluding hydrogens is 323 g/mol. The lowest BCUT2D eigenvalue weighted by molar-refractivity contribution is 0.0955. The van der Waals surface area contributed by atoms with Crippen LogP contribution in [-0.4, -0.2) is 25.8 Å². The third-order valence-corrected chi connectivity index (χ3v) is 3.25. The van der Waals surface area contributed by atoms with Crippen LogP contribution in [0.15, 0.2) is 47.6 Å². The summed E-state index contributed by atoms with van der Waals surface area (Å²) in [5.74, 6) is 0.845. The zero-order valence-electron chi connectivity index (χ0n) is 14.5. The van der Waals surface area contributed by atoms with Gasteiger partial charge in [-0.3, -0.25) is 4.79 Å². The lowest BCUT2D eigenvalue weighted by atomic mass is 10.2. The number of nitrogens with zero attached hydrogens (tertiary/aromatic N) is 1. The van der Waals surface area contributed by atoms with Crippen LogP contribution in [0.25, 0.3) is 0 Å². The van der Waals surface area contributed by atoms with Crippen LogP contribution >= 0.6 is 0 Å². The molecule has 0 aromatic heterocycles. The molecular formula is C19H21FN2O3. The third kappa shape index (κ3) is 5.60. The van der Waals surface area contributed by atoms with Gasteiger partial charge in [0.25, 0.3) is 5.91 Å². The largest absolute Gasteiger partial charge is 0.493 e. The molecule has 2 aromatic carbocycles. The van der Waals surface area contributed by atoms with E-state index in [0.717, 1.165) is 5.56 Å². The number of hydrogen-bond donors (Lipinski definition) is 1. The first kappa shape index (κ1) is 18.4. The van der Waals surface area contributed by atoms with E-state index >= 15 is 0 Å². The van der Waals surface area contributed by atoms with Crippen LogP contribution in [-0.2, 0) is 0 Å². The Balaban J connectivity index is 2.00. The van der Waals surface area contributed by atoms with Crippen molar-refractivity contribution >= 4 is 12.1 Å². The molecule has 0 atom stereocenters. The number of hydrazone groups is 1. The lowest BCUT2D eigenvalue weighted by Gasteiger charge is -2.12. The average molecular weight is 344 g/mol. The molecule has 0 fully saturated rings. The molecule has 0 radical (unpaired) electrons. The first-order valence-corrected chi connectivity index (χ1v) is 7.89. The van der Waals surface area contributed by atoms with Crippen molar-refractivity contribution in [2.75, 3.05) is 13.7 Å². The quantitative estimate of drug-likeness (QED) is 0.616. The van der Waals surface area contributed by atoms with Gasteiger partial charge in [0, 0.05) is 5.56 Å². The molecule has 0 aliphatic rings. The Labute approximate surface area is 146 Å². The number of hydrogen-bond acceptors (Lipinski definition) is 4. The third-order valence-electron chi connectivity index (χ3n) is 3.25. The zero-order valence-corrected chi connectivity index (χ0v) is 14.5. The van der Waals surface area contributed by atoms with E-state index in [1.807, 2.05) is 6.07 Å². The molecule has 1 amide bonds. The summed E-state index contributed by atoms with van der Waals surface area (Å²) in [5, 5.41) is 3.90. The molecule has 0 saturated carbocycles. The van der Waals surface area contributed by atoms with Crippen LogP contribution in [0.3, 0.4) is 0 Å². The van der Waals surface area contributed by atoms with E-state index in [9.17, 15) is 9.18 Å². The summed E-state index contributed by atoms with van der Waals surface area (Å²) in [6, 6.07) is 10.6. The number of benzene rings is 2.